The van der Waals surface area contributed by atoms with Crippen molar-refractivity contribution in [2.24, 2.45) is 0 Å². The molecule has 6 nitrogen and oxygen atoms in total. The lowest BCUT2D eigenvalue weighted by Gasteiger charge is -2.20. The molecule has 1 atom stereocenters. The van der Waals surface area contributed by atoms with E-state index in [1.165, 1.54) is 0 Å². The van der Waals surface area contributed by atoms with Gasteiger partial charge in [0.25, 0.3) is 0 Å². The summed E-state index contributed by atoms with van der Waals surface area (Å²) in [6.07, 6.45) is 3.10. The highest BCUT2D eigenvalue weighted by atomic mass is 32.2. The largest absolute Gasteiger partial charge is 0.459 e. The fourth-order valence-corrected chi connectivity index (χ4v) is 4.71. The van der Waals surface area contributed by atoms with Gasteiger partial charge in [0.2, 0.25) is 10.0 Å². The topological polar surface area (TPSA) is 77.4 Å². The zero-order valence-electron chi connectivity index (χ0n) is 19.4. The average Bonchev–Trinajstić information content (AvgIpc) is 3.02. The highest BCUT2D eigenvalue weighted by Gasteiger charge is 2.25. The molecule has 1 N–H and O–H groups in total. The predicted molar refractivity (Wildman–Crippen MR) is 133 cm³/mol. The molecule has 0 spiro atoms. The van der Waals surface area contributed by atoms with Crippen molar-refractivity contribution in [3.8, 4) is 0 Å². The van der Waals surface area contributed by atoms with Crippen molar-refractivity contribution in [1.29, 1.82) is 0 Å². The van der Waals surface area contributed by atoms with Crippen molar-refractivity contribution in [2.45, 2.75) is 45.9 Å². The second-order valence-corrected chi connectivity index (χ2v) is 10.4. The third-order valence-corrected chi connectivity index (χ3v) is 6.14. The van der Waals surface area contributed by atoms with Crippen LogP contribution in [0, 0.1) is 6.92 Å². The molecule has 0 radical (unpaired) electrons. The van der Waals surface area contributed by atoms with E-state index in [9.17, 15) is 13.2 Å². The molecule has 174 valence electrons. The number of ether oxygens (including phenoxy) is 1. The summed E-state index contributed by atoms with van der Waals surface area (Å²) in [6, 6.07) is 16.1. The molecule has 0 aliphatic carbocycles. The highest BCUT2D eigenvalue weighted by Crippen LogP contribution is 2.32. The van der Waals surface area contributed by atoms with Crippen LogP contribution in [0.4, 0.5) is 0 Å². The fraction of sp³-hybridized carbons (Fsp3) is 0.269. The molecule has 7 heteroatoms. The Balaban J connectivity index is 1.96. The van der Waals surface area contributed by atoms with Crippen molar-refractivity contribution in [3.63, 3.8) is 0 Å². The van der Waals surface area contributed by atoms with E-state index in [2.05, 4.69) is 11.3 Å². The number of carbonyl (C=O) groups excluding carboxylic acids is 1. The number of esters is 1. The van der Waals surface area contributed by atoms with E-state index in [0.29, 0.717) is 0 Å². The van der Waals surface area contributed by atoms with Crippen LogP contribution in [-0.4, -0.2) is 24.6 Å². The molecular weight excluding hydrogens is 436 g/mol. The van der Waals surface area contributed by atoms with Gasteiger partial charge in [0.15, 0.2) is 0 Å². The van der Waals surface area contributed by atoms with Gasteiger partial charge >= 0.3 is 5.97 Å². The lowest BCUT2D eigenvalue weighted by molar-refractivity contribution is -0.155. The van der Waals surface area contributed by atoms with Gasteiger partial charge in [-0.25, -0.2) is 13.1 Å². The Kier molecular flexibility index (Phi) is 7.25. The third kappa shape index (κ3) is 6.21. The monoisotopic (exact) mass is 466 g/mol. The summed E-state index contributed by atoms with van der Waals surface area (Å²) in [4.78, 5) is 12.5. The maximum Gasteiger partial charge on any atom is 0.326 e. The number of aromatic nitrogens is 1. The van der Waals surface area contributed by atoms with Crippen molar-refractivity contribution in [1.82, 2.24) is 9.29 Å². The van der Waals surface area contributed by atoms with Gasteiger partial charge in [-0.15, -0.1) is 6.58 Å². The second-order valence-electron chi connectivity index (χ2n) is 8.78. The van der Waals surface area contributed by atoms with Gasteiger partial charge in [-0.3, -0.25) is 4.79 Å². The Morgan fingerprint density at radius 2 is 1.76 bits per heavy atom. The first-order valence-corrected chi connectivity index (χ1v) is 12.2. The third-order valence-electron chi connectivity index (χ3n) is 5.06. The summed E-state index contributed by atoms with van der Waals surface area (Å²) in [5.41, 5.74) is 2.52. The first-order valence-electron chi connectivity index (χ1n) is 10.7. The quantitative estimate of drug-likeness (QED) is 0.370. The predicted octanol–water partition coefficient (Wildman–Crippen LogP) is 5.11. The number of nitrogens with one attached hydrogen (secondary N) is 1. The maximum atomic E-state index is 12.8. The van der Waals surface area contributed by atoms with E-state index in [1.807, 2.05) is 86.9 Å². The van der Waals surface area contributed by atoms with Crippen LogP contribution < -0.4 is 4.72 Å². The molecule has 0 saturated carbocycles. The second kappa shape index (κ2) is 9.77. The molecule has 3 rings (SSSR count). The fourth-order valence-electron chi connectivity index (χ4n) is 3.73. The van der Waals surface area contributed by atoms with Crippen LogP contribution in [0.1, 0.15) is 43.6 Å². The van der Waals surface area contributed by atoms with E-state index in [1.54, 1.807) is 12.2 Å². The van der Waals surface area contributed by atoms with Crippen molar-refractivity contribution in [3.05, 3.63) is 89.5 Å². The van der Waals surface area contributed by atoms with Gasteiger partial charge in [-0.05, 0) is 45.4 Å². The number of carbonyl (C=O) groups is 1. The number of sulfonamides is 1. The van der Waals surface area contributed by atoms with Crippen molar-refractivity contribution >= 4 is 33.0 Å². The molecule has 3 aromatic rings. The summed E-state index contributed by atoms with van der Waals surface area (Å²) in [5.74, 6) is -0.362. The first kappa shape index (κ1) is 24.5. The first-order chi connectivity index (χ1) is 15.5. The standard InChI is InChI=1S/C26H30N2O4S/c1-6-22(27-33(30,31)17-16-20-12-8-7-9-13-20)25-19(2)28(18-24(29)32-26(3,4)5)23-15-11-10-14-21(23)25/h6-17,22,27H,1,18H2,2-5H3. The smallest absolute Gasteiger partial charge is 0.326 e. The normalized spacial score (nSPS) is 13.3. The summed E-state index contributed by atoms with van der Waals surface area (Å²) in [7, 11) is -3.77. The van der Waals surface area contributed by atoms with Crippen molar-refractivity contribution < 1.29 is 17.9 Å². The van der Waals surface area contributed by atoms with Crippen LogP contribution in [0.2, 0.25) is 0 Å². The molecule has 0 fully saturated rings. The number of para-hydroxylation sites is 1. The van der Waals surface area contributed by atoms with Crippen LogP contribution in [-0.2, 0) is 26.1 Å². The molecule has 33 heavy (non-hydrogen) atoms. The summed E-state index contributed by atoms with van der Waals surface area (Å²) in [5, 5.41) is 1.99. The molecule has 0 amide bonds. The molecule has 0 bridgehead atoms. The number of nitrogens with zero attached hydrogens (tertiary/aromatic N) is 1. The molecule has 0 saturated heterocycles. The zero-order valence-corrected chi connectivity index (χ0v) is 20.2. The summed E-state index contributed by atoms with van der Waals surface area (Å²) < 4.78 is 35.7. The molecule has 2 aromatic carbocycles. The Hall–Kier alpha value is -3.16. The minimum absolute atomic E-state index is 0.0220. The van der Waals surface area contributed by atoms with Crippen LogP contribution in [0.25, 0.3) is 17.0 Å². The molecule has 1 aromatic heterocycles. The van der Waals surface area contributed by atoms with Crippen LogP contribution >= 0.6 is 0 Å². The summed E-state index contributed by atoms with van der Waals surface area (Å²) in [6.45, 7) is 11.2. The number of hydrogen-bond donors (Lipinski definition) is 1. The SMILES string of the molecule is C=CC(NS(=O)(=O)C=Cc1ccccc1)c1c(C)n(CC(=O)OC(C)(C)C)c2ccccc12. The number of hydrogen-bond acceptors (Lipinski definition) is 4. The molecular formula is C26H30N2O4S. The molecule has 0 aliphatic rings. The van der Waals surface area contributed by atoms with Gasteiger partial charge < -0.3 is 9.30 Å². The zero-order chi connectivity index (χ0) is 24.2. The van der Waals surface area contributed by atoms with Crippen LogP contribution in [0.3, 0.4) is 0 Å². The van der Waals surface area contributed by atoms with E-state index in [0.717, 1.165) is 33.1 Å². The van der Waals surface area contributed by atoms with Crippen LogP contribution in [0.5, 0.6) is 0 Å². The van der Waals surface area contributed by atoms with Gasteiger partial charge in [0.1, 0.15) is 12.1 Å². The lowest BCUT2D eigenvalue weighted by Crippen LogP contribution is -2.27. The minimum atomic E-state index is -3.77. The summed E-state index contributed by atoms with van der Waals surface area (Å²) >= 11 is 0. The van der Waals surface area contributed by atoms with Gasteiger partial charge in [-0.1, -0.05) is 54.6 Å². The molecule has 1 heterocycles. The minimum Gasteiger partial charge on any atom is -0.459 e. The van der Waals surface area contributed by atoms with E-state index in [-0.39, 0.29) is 12.5 Å². The lowest BCUT2D eigenvalue weighted by atomic mass is 10.0. The Morgan fingerprint density at radius 1 is 1.12 bits per heavy atom. The average molecular weight is 467 g/mol. The van der Waals surface area contributed by atoms with Gasteiger partial charge in [-0.2, -0.15) is 0 Å². The Morgan fingerprint density at radius 3 is 2.39 bits per heavy atom. The number of benzene rings is 2. The molecule has 0 aliphatic heterocycles. The Bertz CT molecular complexity index is 1280. The van der Waals surface area contributed by atoms with Gasteiger partial charge in [0, 0.05) is 27.6 Å². The number of rotatable bonds is 8. The van der Waals surface area contributed by atoms with Crippen LogP contribution in [0.15, 0.2) is 72.7 Å². The number of fused-ring (bicyclic) bond motifs is 1. The van der Waals surface area contributed by atoms with Crippen molar-refractivity contribution in [2.75, 3.05) is 0 Å². The van der Waals surface area contributed by atoms with Gasteiger partial charge in [0.05, 0.1) is 6.04 Å². The van der Waals surface area contributed by atoms with E-state index < -0.39 is 21.7 Å². The molecule has 1 unspecified atom stereocenters. The Labute approximate surface area is 195 Å². The van der Waals surface area contributed by atoms with E-state index >= 15 is 0 Å². The van der Waals surface area contributed by atoms with E-state index in [4.69, 9.17) is 4.74 Å². The maximum absolute atomic E-state index is 12.8. The highest BCUT2D eigenvalue weighted by molar-refractivity contribution is 7.92.